The molecule has 0 bridgehead atoms. The van der Waals surface area contributed by atoms with Crippen molar-refractivity contribution in [3.05, 3.63) is 0 Å². The molecule has 2 aliphatic rings. The first kappa shape index (κ1) is 14.9. The van der Waals surface area contributed by atoms with Crippen LogP contribution in [-0.4, -0.2) is 54.2 Å². The normalized spacial score (nSPS) is 26.6. The van der Waals surface area contributed by atoms with Crippen LogP contribution in [0.5, 0.6) is 0 Å². The molecule has 0 aliphatic carbocycles. The minimum Gasteiger partial charge on any atom is -0.301 e. The molecule has 3 heteroatoms. The van der Waals surface area contributed by atoms with E-state index < -0.39 is 6.17 Å². The summed E-state index contributed by atoms with van der Waals surface area (Å²) in [6.07, 6.45) is 3.00. The Bertz CT molecular complexity index is 200. The van der Waals surface area contributed by atoms with Crippen LogP contribution in [0.2, 0.25) is 0 Å². The molecule has 2 nitrogen and oxygen atoms in total. The van der Waals surface area contributed by atoms with Gasteiger partial charge in [-0.15, -0.1) is 0 Å². The van der Waals surface area contributed by atoms with E-state index in [4.69, 9.17) is 0 Å². The van der Waals surface area contributed by atoms with E-state index in [1.165, 1.54) is 25.9 Å². The van der Waals surface area contributed by atoms with Crippen molar-refractivity contribution in [2.45, 2.75) is 65.2 Å². The first-order valence-corrected chi connectivity index (χ1v) is 7.13. The van der Waals surface area contributed by atoms with Crippen LogP contribution in [0, 0.1) is 0 Å². The maximum absolute atomic E-state index is 12.5. The predicted octanol–water partition coefficient (Wildman–Crippen LogP) is 2.93. The van der Waals surface area contributed by atoms with E-state index in [9.17, 15) is 4.39 Å². The Morgan fingerprint density at radius 1 is 0.882 bits per heavy atom. The second-order valence-electron chi connectivity index (χ2n) is 5.81. The van der Waals surface area contributed by atoms with Gasteiger partial charge in [0.25, 0.3) is 0 Å². The Hall–Kier alpha value is -0.150. The molecule has 1 atom stereocenters. The third kappa shape index (κ3) is 5.35. The topological polar surface area (TPSA) is 6.48 Å². The summed E-state index contributed by atoms with van der Waals surface area (Å²) in [5.74, 6) is 0. The molecular weight excluding hydrogens is 215 g/mol. The van der Waals surface area contributed by atoms with Crippen LogP contribution in [-0.2, 0) is 0 Å². The van der Waals surface area contributed by atoms with E-state index in [1.54, 1.807) is 0 Å². The van der Waals surface area contributed by atoms with Crippen LogP contribution in [0.25, 0.3) is 0 Å². The van der Waals surface area contributed by atoms with Crippen molar-refractivity contribution >= 4 is 0 Å². The van der Waals surface area contributed by atoms with Gasteiger partial charge in [-0.3, -0.25) is 4.90 Å². The number of hydrogen-bond acceptors (Lipinski definition) is 2. The molecule has 0 amide bonds. The Morgan fingerprint density at radius 2 is 1.41 bits per heavy atom. The average molecular weight is 244 g/mol. The third-order valence-corrected chi connectivity index (χ3v) is 3.76. The zero-order chi connectivity index (χ0) is 12.8. The molecule has 2 fully saturated rings. The van der Waals surface area contributed by atoms with Crippen molar-refractivity contribution < 1.29 is 4.39 Å². The molecule has 0 aromatic rings. The fraction of sp³-hybridized carbons (Fsp3) is 1.00. The minimum absolute atomic E-state index is 0.519. The van der Waals surface area contributed by atoms with Crippen LogP contribution < -0.4 is 0 Å². The van der Waals surface area contributed by atoms with E-state index in [1.807, 2.05) is 0 Å². The largest absolute Gasteiger partial charge is 0.301 e. The Labute approximate surface area is 106 Å². The molecule has 102 valence electrons. The van der Waals surface area contributed by atoms with Crippen LogP contribution in [0.4, 0.5) is 4.39 Å². The molecule has 0 saturated carbocycles. The molecule has 0 aromatic carbocycles. The summed E-state index contributed by atoms with van der Waals surface area (Å²) in [5.41, 5.74) is 0. The van der Waals surface area contributed by atoms with E-state index >= 15 is 0 Å². The molecule has 0 spiro atoms. The lowest BCUT2D eigenvalue weighted by atomic mass is 10.3. The maximum Gasteiger partial charge on any atom is 0.114 e. The molecule has 0 aromatic heterocycles. The summed E-state index contributed by atoms with van der Waals surface area (Å²) in [6.45, 7) is 13.0. The highest BCUT2D eigenvalue weighted by molar-refractivity contribution is 4.76. The van der Waals surface area contributed by atoms with Gasteiger partial charge in [-0.2, -0.15) is 0 Å². The van der Waals surface area contributed by atoms with Gasteiger partial charge in [0, 0.05) is 25.2 Å². The smallest absolute Gasteiger partial charge is 0.114 e. The highest BCUT2D eigenvalue weighted by atomic mass is 19.1. The standard InChI is InChI=1S/C7H14FN.C7H15N/c1-6(2)9-4-3-7(8)5-9;1-7(2)8-5-3-4-6-8/h6-7H,3-5H2,1-2H3;7H,3-6H2,1-2H3. The number of alkyl halides is 1. The van der Waals surface area contributed by atoms with Crippen molar-refractivity contribution in [2.75, 3.05) is 26.2 Å². The Kier molecular flexibility index (Phi) is 6.42. The van der Waals surface area contributed by atoms with Crippen molar-refractivity contribution in [3.8, 4) is 0 Å². The average Bonchev–Trinajstić information content (AvgIpc) is 2.87. The van der Waals surface area contributed by atoms with E-state index in [-0.39, 0.29) is 0 Å². The van der Waals surface area contributed by atoms with Crippen molar-refractivity contribution in [2.24, 2.45) is 0 Å². The number of rotatable bonds is 2. The van der Waals surface area contributed by atoms with E-state index in [0.29, 0.717) is 12.6 Å². The monoisotopic (exact) mass is 244 g/mol. The van der Waals surface area contributed by atoms with Gasteiger partial charge in [0.15, 0.2) is 0 Å². The second kappa shape index (κ2) is 7.32. The summed E-state index contributed by atoms with van der Waals surface area (Å²) in [6, 6.07) is 1.29. The Morgan fingerprint density at radius 3 is 1.65 bits per heavy atom. The summed E-state index contributed by atoms with van der Waals surface area (Å²) < 4.78 is 12.5. The molecule has 1 unspecified atom stereocenters. The van der Waals surface area contributed by atoms with Crippen molar-refractivity contribution in [1.29, 1.82) is 0 Å². The van der Waals surface area contributed by atoms with Crippen LogP contribution >= 0.6 is 0 Å². The van der Waals surface area contributed by atoms with Gasteiger partial charge >= 0.3 is 0 Å². The van der Waals surface area contributed by atoms with E-state index in [2.05, 4.69) is 37.5 Å². The van der Waals surface area contributed by atoms with E-state index in [0.717, 1.165) is 19.0 Å². The Balaban J connectivity index is 0.000000171. The highest BCUT2D eigenvalue weighted by Crippen LogP contribution is 2.14. The molecule has 2 aliphatic heterocycles. The van der Waals surface area contributed by atoms with Gasteiger partial charge in [0.05, 0.1) is 0 Å². The number of likely N-dealkylation sites (tertiary alicyclic amines) is 2. The lowest BCUT2D eigenvalue weighted by Gasteiger charge is -2.18. The first-order valence-electron chi connectivity index (χ1n) is 7.13. The minimum atomic E-state index is -0.563. The lowest BCUT2D eigenvalue weighted by molar-refractivity contribution is 0.246. The van der Waals surface area contributed by atoms with Gasteiger partial charge in [-0.1, -0.05) is 0 Å². The van der Waals surface area contributed by atoms with Gasteiger partial charge in [-0.25, -0.2) is 4.39 Å². The zero-order valence-electron chi connectivity index (χ0n) is 12.0. The summed E-state index contributed by atoms with van der Waals surface area (Å²) >= 11 is 0. The SMILES string of the molecule is CC(C)N1CCC(F)C1.CC(C)N1CCCC1. The number of nitrogens with zero attached hydrogens (tertiary/aromatic N) is 2. The number of halogens is 1. The quantitative estimate of drug-likeness (QED) is 0.737. The molecule has 0 radical (unpaired) electrons. The van der Waals surface area contributed by atoms with Crippen molar-refractivity contribution in [3.63, 3.8) is 0 Å². The molecular formula is C14H29FN2. The van der Waals surface area contributed by atoms with Crippen LogP contribution in [0.15, 0.2) is 0 Å². The first-order chi connectivity index (χ1) is 8.00. The summed E-state index contributed by atoms with van der Waals surface area (Å²) in [7, 11) is 0. The molecule has 2 rings (SSSR count). The van der Waals surface area contributed by atoms with Crippen LogP contribution in [0.3, 0.4) is 0 Å². The summed E-state index contributed by atoms with van der Waals surface area (Å²) in [5, 5.41) is 0. The van der Waals surface area contributed by atoms with Gasteiger partial charge in [0.2, 0.25) is 0 Å². The number of hydrogen-bond donors (Lipinski definition) is 0. The molecule has 2 saturated heterocycles. The molecule has 17 heavy (non-hydrogen) atoms. The third-order valence-electron chi connectivity index (χ3n) is 3.76. The fourth-order valence-electron chi connectivity index (χ4n) is 2.47. The van der Waals surface area contributed by atoms with Crippen molar-refractivity contribution in [1.82, 2.24) is 9.80 Å². The van der Waals surface area contributed by atoms with Gasteiger partial charge < -0.3 is 4.90 Å². The predicted molar refractivity (Wildman–Crippen MR) is 72.2 cm³/mol. The molecule has 0 N–H and O–H groups in total. The zero-order valence-corrected chi connectivity index (χ0v) is 12.0. The second-order valence-corrected chi connectivity index (χ2v) is 5.81. The lowest BCUT2D eigenvalue weighted by Crippen LogP contribution is -2.28. The van der Waals surface area contributed by atoms with Gasteiger partial charge in [0.1, 0.15) is 6.17 Å². The summed E-state index contributed by atoms with van der Waals surface area (Å²) in [4.78, 5) is 4.70. The van der Waals surface area contributed by atoms with Crippen LogP contribution in [0.1, 0.15) is 47.0 Å². The highest BCUT2D eigenvalue weighted by Gasteiger charge is 2.22. The fourth-order valence-corrected chi connectivity index (χ4v) is 2.47. The maximum atomic E-state index is 12.5. The van der Waals surface area contributed by atoms with Gasteiger partial charge in [-0.05, 0) is 60.0 Å². The molecule has 2 heterocycles.